The normalized spacial score (nSPS) is 32.5. The monoisotopic (exact) mass is 849 g/mol. The maximum Gasteiger partial charge on any atom is 0.408 e. The van der Waals surface area contributed by atoms with Gasteiger partial charge in [0.15, 0.2) is 23.5 Å². The van der Waals surface area contributed by atoms with Crippen LogP contribution in [0.4, 0.5) is 4.79 Å². The van der Waals surface area contributed by atoms with E-state index in [4.69, 9.17) is 28.4 Å². The number of alkyl carbamates (subject to hydrolysis) is 1. The van der Waals surface area contributed by atoms with Gasteiger partial charge in [0.05, 0.1) is 29.6 Å². The van der Waals surface area contributed by atoms with Crippen LogP contribution < -0.4 is 5.32 Å². The first kappa shape index (κ1) is 45.4. The van der Waals surface area contributed by atoms with Gasteiger partial charge in [-0.25, -0.2) is 14.4 Å². The van der Waals surface area contributed by atoms with E-state index in [1.54, 1.807) is 71.0 Å². The topological polar surface area (TPSA) is 231 Å². The molecule has 1 amide bonds. The molecular weight excluding hydrogens is 794 g/mol. The van der Waals surface area contributed by atoms with Crippen molar-refractivity contribution in [3.05, 3.63) is 82.9 Å². The lowest BCUT2D eigenvalue weighted by atomic mass is 9.44. The first-order valence-corrected chi connectivity index (χ1v) is 20.2. The average molecular weight is 850 g/mol. The van der Waals surface area contributed by atoms with E-state index in [9.17, 15) is 39.3 Å². The molecule has 0 aromatic heterocycles. The zero-order valence-electron chi connectivity index (χ0n) is 35.8. The maximum absolute atomic E-state index is 15.5. The molecule has 61 heavy (non-hydrogen) atoms. The van der Waals surface area contributed by atoms with Crippen LogP contribution in [0.25, 0.3) is 0 Å². The molecule has 1 saturated heterocycles. The number of aliphatic hydroxyl groups is 3. The fourth-order valence-corrected chi connectivity index (χ4v) is 9.77. The molecule has 0 radical (unpaired) electrons. The number of amides is 1. The highest BCUT2D eigenvalue weighted by molar-refractivity contribution is 5.95. The molecule has 2 saturated carbocycles. The summed E-state index contributed by atoms with van der Waals surface area (Å²) in [6.45, 7) is 12.8. The van der Waals surface area contributed by atoms with Crippen LogP contribution in [-0.4, -0.2) is 111 Å². The molecule has 1 heterocycles. The van der Waals surface area contributed by atoms with Crippen LogP contribution in [0.3, 0.4) is 0 Å². The summed E-state index contributed by atoms with van der Waals surface area (Å²) in [6.07, 6.45) is -11.3. The predicted octanol–water partition coefficient (Wildman–Crippen LogP) is 3.83. The zero-order chi connectivity index (χ0) is 45.0. The number of aliphatic hydroxyl groups excluding tert-OH is 2. The largest absolute Gasteiger partial charge is 0.456 e. The highest BCUT2D eigenvalue weighted by Gasteiger charge is 2.78. The third-order valence-electron chi connectivity index (χ3n) is 12.8. The fourth-order valence-electron chi connectivity index (χ4n) is 9.77. The van der Waals surface area contributed by atoms with E-state index in [0.717, 1.165) is 13.8 Å². The van der Waals surface area contributed by atoms with Crippen LogP contribution in [0, 0.1) is 16.7 Å². The number of ether oxygens (including phenoxy) is 6. The Morgan fingerprint density at radius 2 is 1.51 bits per heavy atom. The van der Waals surface area contributed by atoms with Crippen molar-refractivity contribution in [1.82, 2.24) is 5.32 Å². The number of ketones is 1. The number of nitrogens with one attached hydrogen (secondary N) is 1. The minimum Gasteiger partial charge on any atom is -0.456 e. The highest BCUT2D eigenvalue weighted by atomic mass is 16.6. The van der Waals surface area contributed by atoms with Crippen molar-refractivity contribution in [2.45, 2.75) is 135 Å². The van der Waals surface area contributed by atoms with Crippen molar-refractivity contribution in [2.24, 2.45) is 16.7 Å². The van der Waals surface area contributed by atoms with E-state index in [2.05, 4.69) is 5.32 Å². The van der Waals surface area contributed by atoms with Gasteiger partial charge < -0.3 is 49.1 Å². The summed E-state index contributed by atoms with van der Waals surface area (Å²) in [7, 11) is 0. The molecule has 3 fully saturated rings. The minimum atomic E-state index is -2.40. The molecule has 6 rings (SSSR count). The Bertz CT molecular complexity index is 2100. The van der Waals surface area contributed by atoms with E-state index in [-0.39, 0.29) is 35.3 Å². The molecule has 1 aliphatic heterocycles. The van der Waals surface area contributed by atoms with Gasteiger partial charge in [0.1, 0.15) is 35.6 Å². The number of hydrogen-bond acceptors (Lipinski definition) is 15. The van der Waals surface area contributed by atoms with Gasteiger partial charge in [0, 0.05) is 32.1 Å². The second-order valence-electron chi connectivity index (χ2n) is 18.2. The second-order valence-corrected chi connectivity index (χ2v) is 18.2. The van der Waals surface area contributed by atoms with Crippen LogP contribution in [-0.2, 0) is 47.6 Å². The highest BCUT2D eigenvalue weighted by Crippen LogP contribution is 2.64. The molecule has 2 bridgehead atoms. The molecular formula is C45H55NO15. The molecule has 11 atom stereocenters. The van der Waals surface area contributed by atoms with Gasteiger partial charge in [-0.2, -0.15) is 0 Å². The van der Waals surface area contributed by atoms with Gasteiger partial charge in [-0.3, -0.25) is 14.4 Å². The van der Waals surface area contributed by atoms with Gasteiger partial charge in [-0.1, -0.05) is 62.4 Å². The summed E-state index contributed by atoms with van der Waals surface area (Å²) >= 11 is 0. The Balaban J connectivity index is 1.57. The van der Waals surface area contributed by atoms with E-state index in [1.165, 1.54) is 38.1 Å². The van der Waals surface area contributed by atoms with Gasteiger partial charge in [0.2, 0.25) is 0 Å². The third-order valence-corrected chi connectivity index (χ3v) is 12.8. The van der Waals surface area contributed by atoms with Gasteiger partial charge in [-0.05, 0) is 63.5 Å². The first-order chi connectivity index (χ1) is 28.4. The van der Waals surface area contributed by atoms with Crippen molar-refractivity contribution in [2.75, 3.05) is 6.61 Å². The van der Waals surface area contributed by atoms with E-state index in [1.807, 2.05) is 0 Å². The van der Waals surface area contributed by atoms with Crippen LogP contribution in [0.5, 0.6) is 0 Å². The zero-order valence-corrected chi connectivity index (χ0v) is 35.8. The number of hydrogen-bond donors (Lipinski definition) is 4. The lowest BCUT2D eigenvalue weighted by Gasteiger charge is -2.67. The number of rotatable bonds is 9. The Morgan fingerprint density at radius 1 is 0.902 bits per heavy atom. The lowest BCUT2D eigenvalue weighted by Crippen LogP contribution is -2.82. The summed E-state index contributed by atoms with van der Waals surface area (Å²) in [6, 6.07) is 14.0. The Hall–Kier alpha value is -5.16. The minimum absolute atomic E-state index is 0.0133. The number of fused-ring (bicyclic) bond motifs is 5. The molecule has 16 nitrogen and oxygen atoms in total. The van der Waals surface area contributed by atoms with Crippen LogP contribution in [0.2, 0.25) is 0 Å². The predicted molar refractivity (Wildman–Crippen MR) is 213 cm³/mol. The Morgan fingerprint density at radius 3 is 2.05 bits per heavy atom. The van der Waals surface area contributed by atoms with Crippen LogP contribution in [0.1, 0.15) is 97.2 Å². The Labute approximate surface area is 353 Å². The Kier molecular flexibility index (Phi) is 12.1. The molecule has 330 valence electrons. The molecule has 0 unspecified atom stereocenters. The van der Waals surface area contributed by atoms with Gasteiger partial charge in [-0.15, -0.1) is 0 Å². The lowest BCUT2D eigenvalue weighted by molar-refractivity contribution is -0.346. The van der Waals surface area contributed by atoms with Gasteiger partial charge in [0.25, 0.3) is 0 Å². The van der Waals surface area contributed by atoms with Gasteiger partial charge >= 0.3 is 30.0 Å². The van der Waals surface area contributed by atoms with E-state index in [0.29, 0.717) is 0 Å². The number of carbonyl (C=O) groups excluding carboxylic acids is 6. The number of benzene rings is 2. The standard InChI is InChI=1S/C45H55NO15/c1-23-28(58-39(53)32(46-40(54)61-41(4,5)6)33(50)26-16-12-10-13-17-26)21-45(55)37(59-38(52)27-18-14-11-15-19-27)35-43(9,29(49)20-30-44(35,22-56-30)60-25(3)48)36(51)34(57-24(2)47)31(23)42(45,7)8/h10-19,28-30,32-35,37,49-50,55H,20-22H2,1-9H3,(H,46,54)/t28-,29-,30+,32+,33-,34+,35-,37-,43+,44-,45-/m0/s1. The van der Waals surface area contributed by atoms with Crippen molar-refractivity contribution in [1.29, 1.82) is 0 Å². The molecule has 3 aliphatic carbocycles. The van der Waals surface area contributed by atoms with E-state index < -0.39 is 118 Å². The molecule has 2 aromatic rings. The van der Waals surface area contributed by atoms with Crippen molar-refractivity contribution in [3.63, 3.8) is 0 Å². The molecule has 16 heteroatoms. The SMILES string of the molecule is CC(=O)O[C@H]1C(=O)[C@@]2(C)[C@H]([C@H](OC(=O)c3ccccc3)[C@@]3(O)C[C@H](OC(=O)[C@H](NC(=O)OC(C)(C)C)[C@@H](O)c4ccccc4)C(C)=C1C3(C)C)[C@]1(OC(C)=O)CO[C@@H]1C[C@@H]2O. The summed E-state index contributed by atoms with van der Waals surface area (Å²) in [5.74, 6) is -6.23. The molecule has 4 N–H and O–H groups in total. The van der Waals surface area contributed by atoms with Crippen molar-refractivity contribution in [3.8, 4) is 0 Å². The van der Waals surface area contributed by atoms with Crippen molar-refractivity contribution < 1.29 is 72.5 Å². The summed E-state index contributed by atoms with van der Waals surface area (Å²) < 4.78 is 35.7. The van der Waals surface area contributed by atoms with Crippen LogP contribution >= 0.6 is 0 Å². The molecule has 4 aliphatic rings. The quantitative estimate of drug-likeness (QED) is 0.160. The average Bonchev–Trinajstić information content (AvgIpc) is 3.17. The molecule has 0 spiro atoms. The first-order valence-electron chi connectivity index (χ1n) is 20.2. The van der Waals surface area contributed by atoms with Crippen LogP contribution in [0.15, 0.2) is 71.8 Å². The van der Waals surface area contributed by atoms with E-state index >= 15 is 4.79 Å². The fraction of sp³-hybridized carbons (Fsp3) is 0.556. The molecule has 2 aromatic carbocycles. The maximum atomic E-state index is 15.5. The number of esters is 4. The summed E-state index contributed by atoms with van der Waals surface area (Å²) in [4.78, 5) is 83.3. The summed E-state index contributed by atoms with van der Waals surface area (Å²) in [5, 5.41) is 39.7. The smallest absolute Gasteiger partial charge is 0.408 e. The number of Topliss-reactive ketones (excluding diaryl/α,β-unsaturated/α-hetero) is 1. The third kappa shape index (κ3) is 7.94. The number of carbonyl (C=O) groups is 6. The van der Waals surface area contributed by atoms with Crippen molar-refractivity contribution >= 4 is 35.8 Å². The summed E-state index contributed by atoms with van der Waals surface area (Å²) in [5.41, 5.74) is -8.47. The second kappa shape index (κ2) is 16.3.